The predicted octanol–water partition coefficient (Wildman–Crippen LogP) is 2.93. The van der Waals surface area contributed by atoms with Crippen LogP contribution in [0.15, 0.2) is 41.5 Å². The van der Waals surface area contributed by atoms with Gasteiger partial charge in [0.2, 0.25) is 0 Å². The number of benzene rings is 1. The number of nitrogens with zero attached hydrogens (tertiary/aromatic N) is 4. The van der Waals surface area contributed by atoms with Crippen LogP contribution in [0.4, 0.5) is 5.69 Å². The van der Waals surface area contributed by atoms with Gasteiger partial charge in [-0.05, 0) is 44.5 Å². The van der Waals surface area contributed by atoms with E-state index in [-0.39, 0.29) is 24.0 Å². The molecule has 26 heavy (non-hydrogen) atoms. The van der Waals surface area contributed by atoms with Crippen molar-refractivity contribution in [1.29, 1.82) is 0 Å². The first-order valence-corrected chi connectivity index (χ1v) is 8.94. The number of halogens is 1. The largest absolute Gasteiger partial charge is 0.370 e. The van der Waals surface area contributed by atoms with E-state index in [4.69, 9.17) is 0 Å². The number of hydrogen-bond acceptors (Lipinski definition) is 3. The SMILES string of the molecule is CCNC(=NCc1ccnn1C)NCCN(CC)c1cccc(C)c1.I. The van der Waals surface area contributed by atoms with Gasteiger partial charge >= 0.3 is 0 Å². The van der Waals surface area contributed by atoms with Crippen LogP contribution < -0.4 is 15.5 Å². The molecule has 1 heterocycles. The minimum absolute atomic E-state index is 0. The number of hydrogen-bond donors (Lipinski definition) is 2. The Morgan fingerprint density at radius 2 is 2.04 bits per heavy atom. The van der Waals surface area contributed by atoms with Gasteiger partial charge < -0.3 is 15.5 Å². The van der Waals surface area contributed by atoms with Crippen molar-refractivity contribution in [3.05, 3.63) is 47.8 Å². The van der Waals surface area contributed by atoms with E-state index in [2.05, 4.69) is 70.7 Å². The van der Waals surface area contributed by atoms with Gasteiger partial charge in [0.25, 0.3) is 0 Å². The van der Waals surface area contributed by atoms with Gasteiger partial charge in [0.05, 0.1) is 12.2 Å². The molecule has 0 unspecified atom stereocenters. The van der Waals surface area contributed by atoms with E-state index in [1.54, 1.807) is 6.20 Å². The van der Waals surface area contributed by atoms with Gasteiger partial charge in [0.1, 0.15) is 0 Å². The maximum atomic E-state index is 4.64. The molecule has 1 aromatic heterocycles. The fourth-order valence-electron chi connectivity index (χ4n) is 2.66. The zero-order valence-electron chi connectivity index (χ0n) is 16.2. The van der Waals surface area contributed by atoms with E-state index in [0.717, 1.165) is 37.8 Å². The molecule has 2 aromatic rings. The van der Waals surface area contributed by atoms with Crippen LogP contribution in [0.1, 0.15) is 25.1 Å². The summed E-state index contributed by atoms with van der Waals surface area (Å²) < 4.78 is 1.85. The Morgan fingerprint density at radius 1 is 1.23 bits per heavy atom. The molecule has 144 valence electrons. The molecule has 0 bridgehead atoms. The van der Waals surface area contributed by atoms with Crippen molar-refractivity contribution in [1.82, 2.24) is 20.4 Å². The molecule has 0 aliphatic rings. The lowest BCUT2D eigenvalue weighted by Crippen LogP contribution is -2.41. The van der Waals surface area contributed by atoms with E-state index in [1.165, 1.54) is 11.3 Å². The lowest BCUT2D eigenvalue weighted by molar-refractivity contribution is 0.705. The minimum atomic E-state index is 0. The maximum absolute atomic E-state index is 4.64. The summed E-state index contributed by atoms with van der Waals surface area (Å²) in [6, 6.07) is 10.6. The van der Waals surface area contributed by atoms with Crippen molar-refractivity contribution in [2.75, 3.05) is 31.1 Å². The maximum Gasteiger partial charge on any atom is 0.191 e. The second-order valence-electron chi connectivity index (χ2n) is 5.99. The molecule has 0 saturated heterocycles. The monoisotopic (exact) mass is 470 g/mol. The van der Waals surface area contributed by atoms with E-state index < -0.39 is 0 Å². The predicted molar refractivity (Wildman–Crippen MR) is 121 cm³/mol. The third-order valence-electron chi connectivity index (χ3n) is 4.09. The van der Waals surface area contributed by atoms with Gasteiger partial charge in [-0.3, -0.25) is 4.68 Å². The van der Waals surface area contributed by atoms with Gasteiger partial charge in [-0.15, -0.1) is 24.0 Å². The Labute approximate surface area is 174 Å². The van der Waals surface area contributed by atoms with Crippen molar-refractivity contribution in [2.24, 2.45) is 12.0 Å². The van der Waals surface area contributed by atoms with Crippen molar-refractivity contribution >= 4 is 35.6 Å². The summed E-state index contributed by atoms with van der Waals surface area (Å²) >= 11 is 0. The van der Waals surface area contributed by atoms with E-state index >= 15 is 0 Å². The van der Waals surface area contributed by atoms with Crippen molar-refractivity contribution in [3.8, 4) is 0 Å². The highest BCUT2D eigenvalue weighted by Gasteiger charge is 2.05. The van der Waals surface area contributed by atoms with Crippen LogP contribution in [-0.2, 0) is 13.6 Å². The Balaban J connectivity index is 0.00000338. The molecule has 2 N–H and O–H groups in total. The summed E-state index contributed by atoms with van der Waals surface area (Å²) in [5.74, 6) is 0.837. The lowest BCUT2D eigenvalue weighted by Gasteiger charge is -2.24. The number of anilines is 1. The molecular weight excluding hydrogens is 439 g/mol. The molecule has 0 aliphatic heterocycles. The van der Waals surface area contributed by atoms with Crippen LogP contribution in [0, 0.1) is 6.92 Å². The van der Waals surface area contributed by atoms with Gasteiger partial charge in [0, 0.05) is 45.1 Å². The zero-order chi connectivity index (χ0) is 18.1. The van der Waals surface area contributed by atoms with Gasteiger partial charge in [-0.25, -0.2) is 4.99 Å². The van der Waals surface area contributed by atoms with Crippen molar-refractivity contribution in [2.45, 2.75) is 27.3 Å². The molecule has 0 spiro atoms. The molecule has 7 heteroatoms. The van der Waals surface area contributed by atoms with Crippen molar-refractivity contribution < 1.29 is 0 Å². The summed E-state index contributed by atoms with van der Waals surface area (Å²) in [6.07, 6.45) is 1.80. The summed E-state index contributed by atoms with van der Waals surface area (Å²) in [6.45, 7) is 10.6. The average molecular weight is 470 g/mol. The molecule has 0 atom stereocenters. The number of rotatable bonds is 8. The van der Waals surface area contributed by atoms with Gasteiger partial charge in [-0.2, -0.15) is 5.10 Å². The summed E-state index contributed by atoms with van der Waals surface area (Å²) in [4.78, 5) is 7.01. The Kier molecular flexibility index (Phi) is 10.1. The molecule has 0 fully saturated rings. The smallest absolute Gasteiger partial charge is 0.191 e. The quantitative estimate of drug-likeness (QED) is 0.354. The fraction of sp³-hybridized carbons (Fsp3) is 0.474. The standard InChI is InChI=1S/C19H30N6.HI/c1-5-20-19(22-15-18-10-11-23-24(18)4)21-12-13-25(6-2)17-9-7-8-16(3)14-17;/h7-11,14H,5-6,12-13,15H2,1-4H3,(H2,20,21,22);1H. The Bertz CT molecular complexity index is 682. The minimum Gasteiger partial charge on any atom is -0.370 e. The van der Waals surface area contributed by atoms with Crippen LogP contribution in [0.2, 0.25) is 0 Å². The Morgan fingerprint density at radius 3 is 2.65 bits per heavy atom. The topological polar surface area (TPSA) is 57.5 Å². The highest BCUT2D eigenvalue weighted by atomic mass is 127. The zero-order valence-corrected chi connectivity index (χ0v) is 18.5. The average Bonchev–Trinajstić information content (AvgIpc) is 3.01. The highest BCUT2D eigenvalue weighted by molar-refractivity contribution is 14.0. The number of nitrogens with one attached hydrogen (secondary N) is 2. The highest BCUT2D eigenvalue weighted by Crippen LogP contribution is 2.14. The number of aliphatic imine (C=N–C) groups is 1. The van der Waals surface area contributed by atoms with E-state index in [1.807, 2.05) is 17.8 Å². The van der Waals surface area contributed by atoms with E-state index in [0.29, 0.717) is 6.54 Å². The molecule has 0 aliphatic carbocycles. The first-order chi connectivity index (χ1) is 12.1. The second kappa shape index (κ2) is 11.8. The lowest BCUT2D eigenvalue weighted by atomic mass is 10.2. The molecule has 0 amide bonds. The molecule has 0 saturated carbocycles. The fourth-order valence-corrected chi connectivity index (χ4v) is 2.66. The van der Waals surface area contributed by atoms with Gasteiger partial charge in [0.15, 0.2) is 5.96 Å². The van der Waals surface area contributed by atoms with Crippen LogP contribution in [0.25, 0.3) is 0 Å². The van der Waals surface area contributed by atoms with Crippen LogP contribution in [0.5, 0.6) is 0 Å². The number of guanidine groups is 1. The van der Waals surface area contributed by atoms with Crippen LogP contribution in [0.3, 0.4) is 0 Å². The third-order valence-corrected chi connectivity index (χ3v) is 4.09. The van der Waals surface area contributed by atoms with Crippen LogP contribution >= 0.6 is 24.0 Å². The molecule has 1 aromatic carbocycles. The first kappa shape index (κ1) is 22.3. The second-order valence-corrected chi connectivity index (χ2v) is 5.99. The molecular formula is C19H31IN6. The normalized spacial score (nSPS) is 11.0. The summed E-state index contributed by atoms with van der Waals surface area (Å²) in [5, 5.41) is 10.9. The summed E-state index contributed by atoms with van der Waals surface area (Å²) in [7, 11) is 1.94. The number of likely N-dealkylation sites (N-methyl/N-ethyl adjacent to an activating group) is 1. The molecule has 6 nitrogen and oxygen atoms in total. The summed E-state index contributed by atoms with van der Waals surface area (Å²) in [5.41, 5.74) is 3.64. The molecule has 0 radical (unpaired) electrons. The third kappa shape index (κ3) is 6.86. The van der Waals surface area contributed by atoms with Crippen molar-refractivity contribution in [3.63, 3.8) is 0 Å². The van der Waals surface area contributed by atoms with Crippen LogP contribution in [-0.4, -0.2) is 41.9 Å². The van der Waals surface area contributed by atoms with Gasteiger partial charge in [-0.1, -0.05) is 12.1 Å². The Hall–Kier alpha value is -1.77. The van der Waals surface area contributed by atoms with E-state index in [9.17, 15) is 0 Å². The number of aryl methyl sites for hydroxylation is 2. The number of aromatic nitrogens is 2. The first-order valence-electron chi connectivity index (χ1n) is 8.94. The molecule has 2 rings (SSSR count).